The van der Waals surface area contributed by atoms with Crippen LogP contribution in [0.1, 0.15) is 177 Å². The molecular weight excluding hydrogens is 1430 g/mol. The summed E-state index contributed by atoms with van der Waals surface area (Å²) in [6.45, 7) is 16.8. The number of amides is 4. The molecule has 4 amide bonds. The van der Waals surface area contributed by atoms with Crippen LogP contribution in [0.15, 0.2) is 219 Å². The van der Waals surface area contributed by atoms with Gasteiger partial charge >= 0.3 is 0 Å². The molecule has 5 aliphatic heterocycles. The lowest BCUT2D eigenvalue weighted by molar-refractivity contribution is -0.119. The normalized spacial score (nSPS) is 13.5. The summed E-state index contributed by atoms with van der Waals surface area (Å²) in [5, 5.41) is 3.25. The zero-order chi connectivity index (χ0) is 80.5. The Labute approximate surface area is 674 Å². The Bertz CT molecular complexity index is 5330. The van der Waals surface area contributed by atoms with Gasteiger partial charge in [0, 0.05) is 159 Å². The van der Waals surface area contributed by atoms with E-state index in [1.54, 1.807) is 18.7 Å². The number of pyridine rings is 2. The number of nitrogens with zero attached hydrogens (tertiary/aromatic N) is 7. The summed E-state index contributed by atoms with van der Waals surface area (Å²) in [6.07, 6.45) is 21.3. The van der Waals surface area contributed by atoms with Crippen molar-refractivity contribution in [2.24, 2.45) is 5.92 Å². The number of aryl methyl sites for hydroxylation is 5. The van der Waals surface area contributed by atoms with Crippen LogP contribution in [0, 0.1) is 19.8 Å². The van der Waals surface area contributed by atoms with E-state index in [9.17, 15) is 38.4 Å². The van der Waals surface area contributed by atoms with E-state index in [4.69, 9.17) is 0 Å². The molecule has 8 heterocycles. The molecule has 17 heteroatoms. The number of hydrogen-bond acceptors (Lipinski definition) is 12. The van der Waals surface area contributed by atoms with Crippen molar-refractivity contribution < 1.29 is 38.4 Å². The number of aromatic nitrogens is 4. The third-order valence-electron chi connectivity index (χ3n) is 22.6. The van der Waals surface area contributed by atoms with Crippen molar-refractivity contribution in [3.63, 3.8) is 0 Å². The Morgan fingerprint density at radius 1 is 0.374 bits per heavy atom. The van der Waals surface area contributed by atoms with Gasteiger partial charge in [-0.2, -0.15) is 0 Å². The molecule has 16 rings (SSSR count). The third-order valence-corrected chi connectivity index (χ3v) is 22.6. The van der Waals surface area contributed by atoms with E-state index in [0.717, 1.165) is 189 Å². The van der Waals surface area contributed by atoms with Crippen molar-refractivity contribution >= 4 is 69.5 Å². The van der Waals surface area contributed by atoms with Gasteiger partial charge in [-0.05, 0) is 228 Å². The van der Waals surface area contributed by atoms with Crippen LogP contribution in [0.4, 0.5) is 22.7 Å². The number of fused-ring (bicyclic) bond motifs is 4. The molecule has 115 heavy (non-hydrogen) atoms. The molecule has 0 atom stereocenters. The molecule has 0 unspecified atom stereocenters. The molecule has 11 aromatic rings. The van der Waals surface area contributed by atoms with Crippen molar-refractivity contribution in [3.8, 4) is 44.5 Å². The quantitative estimate of drug-likeness (QED) is 0.0540. The molecule has 8 aromatic carbocycles. The standard InChI is InChI=1S/2C26H26N2O2.C23H23N3O2.C23H26N2O2/c1-3-26(30)28-13-12-23-15-22(9-10-24(23)28)20-5-7-21(8-6-20)25(29)11-4-19-14-18(2)16-27-17-19;1-3-26(30)28-14-12-22-16-23(18(2)15-24(22)28)20-7-9-21(10-8-20)25(29)11-6-19-5-4-13-27-17-19;1-2-23(28)26-12-11-19-13-18(7-9-21(19)26)16-3-5-17(6-4-16)22(27)10-8-20-14-24-15-25-20;1-2-23(27)25-12-11-20-13-19(8-9-21(20)25)17-4-6-18(7-5-17)22(26)10-3-16-14-24-15-16/h5-10,14-17H,3-4,11-13H2,1-2H3;4-5,7-10,13,15-17H,3,6,11-12,14H2,1-2H3;3-7,9,13-15H,2,8,10-12H2,1H3,(H,24,25);4-9,13,16,24H,2-3,10-12,14-15H2,1H3. The van der Waals surface area contributed by atoms with Crippen LogP contribution in [0.3, 0.4) is 0 Å². The molecule has 0 aliphatic carbocycles. The van der Waals surface area contributed by atoms with Gasteiger partial charge < -0.3 is 29.9 Å². The van der Waals surface area contributed by atoms with Gasteiger partial charge in [0.1, 0.15) is 0 Å². The van der Waals surface area contributed by atoms with E-state index in [1.165, 1.54) is 22.3 Å². The van der Waals surface area contributed by atoms with Gasteiger partial charge in [-0.3, -0.25) is 48.3 Å². The highest BCUT2D eigenvalue weighted by molar-refractivity contribution is 6.01. The molecule has 1 saturated heterocycles. The molecule has 5 aliphatic rings. The van der Waals surface area contributed by atoms with E-state index in [0.29, 0.717) is 76.5 Å². The first-order chi connectivity index (χ1) is 55.9. The fourth-order valence-corrected chi connectivity index (χ4v) is 15.7. The predicted octanol–water partition coefficient (Wildman–Crippen LogP) is 18.4. The van der Waals surface area contributed by atoms with Gasteiger partial charge in [0.25, 0.3) is 0 Å². The second-order valence-corrected chi connectivity index (χ2v) is 30.3. The minimum Gasteiger partial charge on any atom is -0.348 e. The predicted molar refractivity (Wildman–Crippen MR) is 457 cm³/mol. The zero-order valence-electron chi connectivity index (χ0n) is 66.8. The summed E-state index contributed by atoms with van der Waals surface area (Å²) in [6, 6.07) is 60.5. The zero-order valence-corrected chi connectivity index (χ0v) is 66.8. The maximum atomic E-state index is 12.6. The van der Waals surface area contributed by atoms with Crippen molar-refractivity contribution in [2.75, 3.05) is 58.9 Å². The summed E-state index contributed by atoms with van der Waals surface area (Å²) in [5.41, 5.74) is 26.3. The van der Waals surface area contributed by atoms with Crippen molar-refractivity contribution in [1.29, 1.82) is 0 Å². The van der Waals surface area contributed by atoms with Crippen LogP contribution in [-0.2, 0) is 64.1 Å². The average Bonchev–Trinajstić information content (AvgIpc) is 1.67. The van der Waals surface area contributed by atoms with Crippen LogP contribution in [0.25, 0.3) is 44.5 Å². The van der Waals surface area contributed by atoms with Crippen molar-refractivity contribution in [1.82, 2.24) is 25.3 Å². The number of nitrogens with one attached hydrogen (secondary N) is 2. The minimum absolute atomic E-state index is 0.129. The molecule has 586 valence electrons. The van der Waals surface area contributed by atoms with E-state index in [-0.39, 0.29) is 46.8 Å². The molecular formula is C98H101N9O8. The maximum Gasteiger partial charge on any atom is 0.226 e. The van der Waals surface area contributed by atoms with E-state index in [1.807, 2.05) is 194 Å². The Morgan fingerprint density at radius 2 is 0.765 bits per heavy atom. The fourth-order valence-electron chi connectivity index (χ4n) is 15.7. The summed E-state index contributed by atoms with van der Waals surface area (Å²) >= 11 is 0. The van der Waals surface area contributed by atoms with Crippen molar-refractivity contribution in [2.45, 2.75) is 144 Å². The molecule has 0 saturated carbocycles. The summed E-state index contributed by atoms with van der Waals surface area (Å²) < 4.78 is 0. The van der Waals surface area contributed by atoms with E-state index < -0.39 is 0 Å². The average molecular weight is 1530 g/mol. The van der Waals surface area contributed by atoms with Crippen molar-refractivity contribution in [3.05, 3.63) is 292 Å². The topological polar surface area (TPSA) is 216 Å². The van der Waals surface area contributed by atoms with Gasteiger partial charge in [-0.1, -0.05) is 155 Å². The highest BCUT2D eigenvalue weighted by atomic mass is 16.2. The van der Waals surface area contributed by atoms with Crippen LogP contribution in [0.5, 0.6) is 0 Å². The third kappa shape index (κ3) is 19.9. The Balaban J connectivity index is 0.000000134. The SMILES string of the molecule is CCC(=O)N1CCc2cc(-c3ccc(C(=O)CCC4CNC4)cc3)ccc21.CCC(=O)N1CCc2cc(-c3ccc(C(=O)CCc4cccnc4)cc3)c(C)cc21.CCC(=O)N1CCc2cc(-c3ccc(C(=O)CCc4cnc[nH]4)cc3)ccc21.CCC(=O)N1CCc2cc(-c3ccc(C(=O)CCc4cncc(C)c4)cc3)ccc21. The molecule has 17 nitrogen and oxygen atoms in total. The Morgan fingerprint density at radius 3 is 1.16 bits per heavy atom. The molecule has 0 bridgehead atoms. The van der Waals surface area contributed by atoms with Gasteiger partial charge in [0.2, 0.25) is 23.6 Å². The van der Waals surface area contributed by atoms with Crippen LogP contribution in [-0.4, -0.2) is 106 Å². The fraction of sp³-hybridized carbons (Fsp3) is 0.296. The monoisotopic (exact) mass is 1530 g/mol. The summed E-state index contributed by atoms with van der Waals surface area (Å²) in [5.74, 6) is 2.02. The number of carbonyl (C=O) groups is 8. The Hall–Kier alpha value is -12.2. The molecule has 0 spiro atoms. The number of carbonyl (C=O) groups excluding carboxylic acids is 8. The summed E-state index contributed by atoms with van der Waals surface area (Å²) in [7, 11) is 0. The van der Waals surface area contributed by atoms with Gasteiger partial charge in [0.05, 0.1) is 6.33 Å². The second-order valence-electron chi connectivity index (χ2n) is 30.3. The van der Waals surface area contributed by atoms with Gasteiger partial charge in [-0.15, -0.1) is 0 Å². The number of aromatic amines is 1. The number of anilines is 4. The number of benzene rings is 8. The molecule has 3 aromatic heterocycles. The lowest BCUT2D eigenvalue weighted by atomic mass is 9.93. The number of hydrogen-bond donors (Lipinski definition) is 2. The first kappa shape index (κ1) is 80.8. The lowest BCUT2D eigenvalue weighted by Gasteiger charge is -2.26. The number of imidazole rings is 1. The van der Waals surface area contributed by atoms with E-state index >= 15 is 0 Å². The first-order valence-electron chi connectivity index (χ1n) is 40.7. The number of rotatable bonds is 24. The number of H-pyrrole nitrogens is 1. The number of ketones is 4. The second kappa shape index (κ2) is 38.1. The van der Waals surface area contributed by atoms with Crippen LogP contribution >= 0.6 is 0 Å². The highest BCUT2D eigenvalue weighted by Gasteiger charge is 2.29. The molecule has 1 fully saturated rings. The van der Waals surface area contributed by atoms with E-state index in [2.05, 4.69) is 92.8 Å². The van der Waals surface area contributed by atoms with Gasteiger partial charge in [0.15, 0.2) is 23.1 Å². The first-order valence-corrected chi connectivity index (χ1v) is 40.7. The van der Waals surface area contributed by atoms with Crippen LogP contribution in [0.2, 0.25) is 0 Å². The Kier molecular flexibility index (Phi) is 26.8. The number of Topliss-reactive ketones (excluding diaryl/α,β-unsaturated/α-hetero) is 4. The van der Waals surface area contributed by atoms with Crippen LogP contribution < -0.4 is 24.9 Å². The van der Waals surface area contributed by atoms with Gasteiger partial charge in [-0.25, -0.2) is 4.98 Å². The lowest BCUT2D eigenvalue weighted by Crippen LogP contribution is -2.42. The maximum absolute atomic E-state index is 12.6. The molecule has 0 radical (unpaired) electrons. The highest BCUT2D eigenvalue weighted by Crippen LogP contribution is 2.39. The minimum atomic E-state index is 0.129. The smallest absolute Gasteiger partial charge is 0.226 e. The molecule has 2 N–H and O–H groups in total. The summed E-state index contributed by atoms with van der Waals surface area (Å²) in [4.78, 5) is 121. The largest absolute Gasteiger partial charge is 0.348 e.